The Morgan fingerprint density at radius 2 is 2.06 bits per heavy atom. The number of aromatic amines is 1. The van der Waals surface area contributed by atoms with Gasteiger partial charge in [0.15, 0.2) is 11.3 Å². The van der Waals surface area contributed by atoms with Crippen molar-refractivity contribution < 1.29 is 9.90 Å². The number of anilines is 1. The summed E-state index contributed by atoms with van der Waals surface area (Å²) in [5, 5.41) is 31.1. The zero-order chi connectivity index (χ0) is 23.6. The topological polar surface area (TPSA) is 144 Å². The van der Waals surface area contributed by atoms with E-state index in [1.165, 1.54) is 11.3 Å². The first-order valence-electron chi connectivity index (χ1n) is 10.9. The van der Waals surface area contributed by atoms with Crippen LogP contribution in [-0.2, 0) is 0 Å². The van der Waals surface area contributed by atoms with Crippen molar-refractivity contribution >= 4 is 56.2 Å². The Morgan fingerprint density at radius 1 is 1.29 bits per heavy atom. The molecule has 5 heterocycles. The van der Waals surface area contributed by atoms with Gasteiger partial charge in [0, 0.05) is 23.7 Å². The number of halogens is 1. The van der Waals surface area contributed by atoms with Gasteiger partial charge in [0.05, 0.1) is 31.3 Å². The number of thiazole rings is 1. The van der Waals surface area contributed by atoms with E-state index < -0.39 is 6.09 Å². The normalized spacial score (nSPS) is 21.8. The summed E-state index contributed by atoms with van der Waals surface area (Å²) in [5.74, 6) is 0.461. The number of aromatic nitrogens is 5. The fraction of sp³-hybridized carbons (Fsp3) is 0.364. The number of piperidine rings is 1. The average Bonchev–Trinajstić information content (AvgIpc) is 3.47. The van der Waals surface area contributed by atoms with Crippen LogP contribution in [0.3, 0.4) is 0 Å². The maximum atomic E-state index is 11.1. The second-order valence-corrected chi connectivity index (χ2v) is 10.3. The number of hydrogen-bond acceptors (Lipinski definition) is 8. The van der Waals surface area contributed by atoms with E-state index in [-0.39, 0.29) is 23.8 Å². The third kappa shape index (κ3) is 3.25. The van der Waals surface area contributed by atoms with Gasteiger partial charge in [0.25, 0.3) is 0 Å². The molecule has 2 bridgehead atoms. The van der Waals surface area contributed by atoms with Crippen molar-refractivity contribution in [3.8, 4) is 17.3 Å². The van der Waals surface area contributed by atoms with Crippen molar-refractivity contribution in [3.63, 3.8) is 0 Å². The quantitative estimate of drug-likeness (QED) is 0.383. The molecule has 3 atom stereocenters. The SMILES string of the molecule is Cc1nc2ccc(-c3[nH]nc4nc(N5[C@@H]6CC[C@H]5CC(NC(=O)O)C6)nc(C#N)c34)c(Cl)c2s1. The van der Waals surface area contributed by atoms with Crippen LogP contribution in [0.1, 0.15) is 36.4 Å². The molecule has 1 amide bonds. The van der Waals surface area contributed by atoms with E-state index in [4.69, 9.17) is 21.7 Å². The smallest absolute Gasteiger partial charge is 0.404 e. The molecule has 1 unspecified atom stereocenters. The number of amides is 1. The molecule has 2 aliphatic heterocycles. The summed E-state index contributed by atoms with van der Waals surface area (Å²) in [4.78, 5) is 27.0. The van der Waals surface area contributed by atoms with E-state index in [2.05, 4.69) is 36.5 Å². The summed E-state index contributed by atoms with van der Waals surface area (Å²) in [6.45, 7) is 1.93. The molecule has 2 aliphatic rings. The minimum Gasteiger partial charge on any atom is -0.465 e. The number of nitrogens with zero attached hydrogens (tertiary/aromatic N) is 6. The highest BCUT2D eigenvalue weighted by molar-refractivity contribution is 7.19. The Balaban J connectivity index is 1.42. The van der Waals surface area contributed by atoms with Crippen LogP contribution in [0.4, 0.5) is 10.7 Å². The first-order chi connectivity index (χ1) is 16.4. The number of H-pyrrole nitrogens is 1. The minimum absolute atomic E-state index is 0.0881. The number of hydrogen-bond donors (Lipinski definition) is 3. The van der Waals surface area contributed by atoms with Crippen molar-refractivity contribution in [1.29, 1.82) is 5.26 Å². The Kier molecular flexibility index (Phi) is 4.82. The minimum atomic E-state index is -1.00. The second kappa shape index (κ2) is 7.78. The van der Waals surface area contributed by atoms with Gasteiger partial charge in [-0.2, -0.15) is 15.3 Å². The highest BCUT2D eigenvalue weighted by Gasteiger charge is 2.43. The molecule has 6 rings (SSSR count). The summed E-state index contributed by atoms with van der Waals surface area (Å²) in [7, 11) is 0. The highest BCUT2D eigenvalue weighted by Crippen LogP contribution is 2.41. The van der Waals surface area contributed by atoms with Crippen LogP contribution in [0.2, 0.25) is 5.02 Å². The molecule has 0 aliphatic carbocycles. The Bertz CT molecular complexity index is 1490. The van der Waals surface area contributed by atoms with Crippen molar-refractivity contribution in [2.24, 2.45) is 0 Å². The number of fused-ring (bicyclic) bond motifs is 4. The number of carboxylic acid groups (broad SMARTS) is 1. The van der Waals surface area contributed by atoms with Gasteiger partial charge in [0.1, 0.15) is 6.07 Å². The molecule has 0 saturated carbocycles. The maximum Gasteiger partial charge on any atom is 0.404 e. The molecule has 10 nitrogen and oxygen atoms in total. The van der Waals surface area contributed by atoms with Crippen LogP contribution < -0.4 is 10.2 Å². The molecule has 0 spiro atoms. The lowest BCUT2D eigenvalue weighted by Gasteiger charge is -2.38. The van der Waals surface area contributed by atoms with Gasteiger partial charge in [-0.05, 0) is 44.7 Å². The molecule has 2 fully saturated rings. The average molecular weight is 495 g/mol. The van der Waals surface area contributed by atoms with Crippen LogP contribution in [0.15, 0.2) is 12.1 Å². The Morgan fingerprint density at radius 3 is 2.76 bits per heavy atom. The van der Waals surface area contributed by atoms with Gasteiger partial charge in [-0.1, -0.05) is 11.6 Å². The maximum absolute atomic E-state index is 11.1. The second-order valence-electron chi connectivity index (χ2n) is 8.70. The zero-order valence-electron chi connectivity index (χ0n) is 18.0. The number of carbonyl (C=O) groups is 1. The van der Waals surface area contributed by atoms with Gasteiger partial charge < -0.3 is 15.3 Å². The number of nitriles is 1. The molecule has 0 radical (unpaired) electrons. The fourth-order valence-electron chi connectivity index (χ4n) is 5.36. The van der Waals surface area contributed by atoms with Gasteiger partial charge in [-0.25, -0.2) is 14.8 Å². The van der Waals surface area contributed by atoms with Crippen molar-refractivity contribution in [1.82, 2.24) is 30.5 Å². The number of aryl methyl sites for hydroxylation is 1. The van der Waals surface area contributed by atoms with E-state index in [1.54, 1.807) is 0 Å². The van der Waals surface area contributed by atoms with Crippen molar-refractivity contribution in [2.75, 3.05) is 4.90 Å². The molecule has 12 heteroatoms. The third-order valence-corrected chi connectivity index (χ3v) is 8.18. The first-order valence-corrected chi connectivity index (χ1v) is 12.1. The fourth-order valence-corrected chi connectivity index (χ4v) is 6.59. The van der Waals surface area contributed by atoms with Crippen LogP contribution in [0.5, 0.6) is 0 Å². The lowest BCUT2D eigenvalue weighted by molar-refractivity contribution is 0.185. The van der Waals surface area contributed by atoms with Crippen LogP contribution in [-0.4, -0.2) is 54.5 Å². The van der Waals surface area contributed by atoms with Gasteiger partial charge in [0.2, 0.25) is 5.95 Å². The van der Waals surface area contributed by atoms with E-state index >= 15 is 0 Å². The summed E-state index contributed by atoms with van der Waals surface area (Å²) >= 11 is 8.25. The standard InChI is InChI=1S/C22H19ClN8O2S/c1-9-25-14-5-4-13(17(23)19(14)34-9)18-16-15(8-24)27-21(28-20(16)30-29-18)31-11-2-3-12(31)7-10(6-11)26-22(32)33/h4-5,10-12,26H,2-3,6-7H2,1H3,(H,32,33)(H,27,28,29,30)/t10?,11-,12+. The first kappa shape index (κ1) is 21.1. The van der Waals surface area contributed by atoms with Crippen molar-refractivity contribution in [3.05, 3.63) is 27.9 Å². The summed E-state index contributed by atoms with van der Waals surface area (Å²) in [5.41, 5.74) is 2.77. The van der Waals surface area contributed by atoms with Crippen LogP contribution in [0, 0.1) is 18.3 Å². The summed E-state index contributed by atoms with van der Waals surface area (Å²) in [6, 6.07) is 6.12. The largest absolute Gasteiger partial charge is 0.465 e. The lowest BCUT2D eigenvalue weighted by atomic mass is 9.98. The number of rotatable bonds is 3. The van der Waals surface area contributed by atoms with E-state index in [0.717, 1.165) is 28.1 Å². The Hall–Kier alpha value is -3.49. The van der Waals surface area contributed by atoms with E-state index in [1.807, 2.05) is 19.1 Å². The summed E-state index contributed by atoms with van der Waals surface area (Å²) in [6.07, 6.45) is 2.23. The monoisotopic (exact) mass is 494 g/mol. The van der Waals surface area contributed by atoms with Crippen molar-refractivity contribution in [2.45, 2.75) is 50.7 Å². The van der Waals surface area contributed by atoms with E-state index in [0.29, 0.717) is 46.1 Å². The predicted octanol–water partition coefficient (Wildman–Crippen LogP) is 4.23. The molecule has 3 aromatic heterocycles. The molecular weight excluding hydrogens is 476 g/mol. The molecular formula is C22H19ClN8O2S. The Labute approximate surface area is 202 Å². The molecule has 2 saturated heterocycles. The van der Waals surface area contributed by atoms with E-state index in [9.17, 15) is 10.1 Å². The number of nitrogens with one attached hydrogen (secondary N) is 2. The highest BCUT2D eigenvalue weighted by atomic mass is 35.5. The van der Waals surface area contributed by atoms with Crippen LogP contribution >= 0.6 is 22.9 Å². The molecule has 4 aromatic rings. The molecule has 1 aromatic carbocycles. The molecule has 172 valence electrons. The lowest BCUT2D eigenvalue weighted by Crippen LogP contribution is -2.50. The molecule has 34 heavy (non-hydrogen) atoms. The van der Waals surface area contributed by atoms with Gasteiger partial charge in [-0.15, -0.1) is 11.3 Å². The number of benzene rings is 1. The predicted molar refractivity (Wildman–Crippen MR) is 128 cm³/mol. The molecule has 3 N–H and O–H groups in total. The third-order valence-electron chi connectivity index (χ3n) is 6.67. The van der Waals surface area contributed by atoms with Gasteiger partial charge in [-0.3, -0.25) is 5.10 Å². The van der Waals surface area contributed by atoms with Gasteiger partial charge >= 0.3 is 6.09 Å². The van der Waals surface area contributed by atoms with Crippen LogP contribution in [0.25, 0.3) is 32.5 Å². The zero-order valence-corrected chi connectivity index (χ0v) is 19.6. The summed E-state index contributed by atoms with van der Waals surface area (Å²) < 4.78 is 0.880.